The maximum Gasteiger partial charge on any atom is 0.270 e. The fourth-order valence-electron chi connectivity index (χ4n) is 2.83. The number of hydrogen-bond donors (Lipinski definition) is 1. The van der Waals surface area contributed by atoms with Gasteiger partial charge in [-0.1, -0.05) is 17.7 Å². The van der Waals surface area contributed by atoms with Crippen molar-refractivity contribution in [2.24, 2.45) is 5.10 Å². The molecule has 0 saturated heterocycles. The molecular weight excluding hydrogens is 316 g/mol. The topological polar surface area (TPSA) is 82.1 Å². The van der Waals surface area contributed by atoms with Crippen molar-refractivity contribution in [3.05, 3.63) is 29.3 Å². The molecule has 0 radical (unpaired) electrons. The van der Waals surface area contributed by atoms with E-state index >= 15 is 0 Å². The Morgan fingerprint density at radius 2 is 2.00 bits per heavy atom. The third-order valence-corrected chi connectivity index (χ3v) is 5.03. The van der Waals surface area contributed by atoms with Crippen LogP contribution in [0.5, 0.6) is 0 Å². The molecule has 0 fully saturated rings. The Labute approximate surface area is 137 Å². The van der Waals surface area contributed by atoms with Crippen LogP contribution >= 0.6 is 11.8 Å². The molecule has 2 aliphatic heterocycles. The van der Waals surface area contributed by atoms with Gasteiger partial charge in [-0.3, -0.25) is 14.4 Å². The van der Waals surface area contributed by atoms with E-state index in [9.17, 15) is 14.4 Å². The number of carbonyl (C=O) groups is 3. The number of amides is 3. The number of aryl methyl sites for hydroxylation is 1. The molecule has 7 nitrogen and oxygen atoms in total. The summed E-state index contributed by atoms with van der Waals surface area (Å²) in [7, 11) is 1.67. The molecule has 0 aromatic heterocycles. The van der Waals surface area contributed by atoms with Crippen molar-refractivity contribution in [3.63, 3.8) is 0 Å². The fraction of sp³-hybridized carbons (Fsp3) is 0.333. The van der Waals surface area contributed by atoms with Crippen molar-refractivity contribution in [2.75, 3.05) is 11.9 Å². The second kappa shape index (κ2) is 5.09. The number of amidine groups is 1. The van der Waals surface area contributed by atoms with Gasteiger partial charge in [-0.25, -0.2) is 0 Å². The first kappa shape index (κ1) is 15.5. The Kier molecular flexibility index (Phi) is 3.44. The van der Waals surface area contributed by atoms with Gasteiger partial charge in [-0.15, -0.1) is 5.10 Å². The lowest BCUT2D eigenvalue weighted by molar-refractivity contribution is -0.139. The first-order valence-corrected chi connectivity index (χ1v) is 7.84. The SMILES string of the molecule is CC(=O)NC1=NN(C(C)=O)[C@@]2(S1)C(=O)N(C)c1ccc(C)cc12. The van der Waals surface area contributed by atoms with Crippen LogP contribution in [0.15, 0.2) is 23.3 Å². The van der Waals surface area contributed by atoms with Gasteiger partial charge in [0, 0.05) is 26.5 Å². The monoisotopic (exact) mass is 332 g/mol. The fourth-order valence-corrected chi connectivity index (χ4v) is 4.18. The smallest absolute Gasteiger partial charge is 0.270 e. The zero-order valence-electron chi connectivity index (χ0n) is 13.2. The van der Waals surface area contributed by atoms with Gasteiger partial charge >= 0.3 is 0 Å². The van der Waals surface area contributed by atoms with Gasteiger partial charge in [0.15, 0.2) is 5.17 Å². The number of hydrogen-bond acceptors (Lipinski definition) is 5. The molecule has 1 spiro atoms. The zero-order chi connectivity index (χ0) is 16.9. The van der Waals surface area contributed by atoms with E-state index in [2.05, 4.69) is 10.4 Å². The summed E-state index contributed by atoms with van der Waals surface area (Å²) in [5, 5.41) is 8.13. The molecule has 1 aromatic carbocycles. The molecule has 0 saturated carbocycles. The number of likely N-dealkylation sites (N-methyl/N-ethyl adjacent to an activating group) is 1. The summed E-state index contributed by atoms with van der Waals surface area (Å²) in [5.41, 5.74) is 2.41. The molecule has 2 aliphatic rings. The Balaban J connectivity index is 2.18. The number of carbonyl (C=O) groups excluding carboxylic acids is 3. The highest BCUT2D eigenvalue weighted by molar-refractivity contribution is 8.15. The molecule has 0 bridgehead atoms. The Hall–Kier alpha value is -2.35. The molecule has 0 aliphatic carbocycles. The number of hydrazone groups is 1. The van der Waals surface area contributed by atoms with E-state index in [0.717, 1.165) is 28.0 Å². The van der Waals surface area contributed by atoms with Crippen molar-refractivity contribution in [1.82, 2.24) is 10.3 Å². The summed E-state index contributed by atoms with van der Waals surface area (Å²) in [4.78, 5) is 36.6. The van der Waals surface area contributed by atoms with Crippen LogP contribution in [0, 0.1) is 6.92 Å². The molecule has 2 heterocycles. The van der Waals surface area contributed by atoms with Gasteiger partial charge in [-0.2, -0.15) is 5.01 Å². The highest BCUT2D eigenvalue weighted by Gasteiger charge is 2.60. The predicted octanol–water partition coefficient (Wildman–Crippen LogP) is 1.13. The maximum atomic E-state index is 13.0. The Morgan fingerprint density at radius 1 is 1.30 bits per heavy atom. The van der Waals surface area contributed by atoms with Gasteiger partial charge in [0.25, 0.3) is 5.91 Å². The van der Waals surface area contributed by atoms with Gasteiger partial charge < -0.3 is 10.2 Å². The van der Waals surface area contributed by atoms with Crippen LogP contribution in [0.3, 0.4) is 0 Å². The molecular formula is C15H16N4O3S. The second-order valence-corrected chi connectivity index (χ2v) is 6.73. The molecule has 0 unspecified atom stereocenters. The molecule has 120 valence electrons. The maximum absolute atomic E-state index is 13.0. The molecule has 1 aromatic rings. The third-order valence-electron chi connectivity index (χ3n) is 3.79. The lowest BCUT2D eigenvalue weighted by atomic mass is 10.0. The molecule has 8 heteroatoms. The van der Waals surface area contributed by atoms with Crippen LogP contribution in [-0.2, 0) is 19.3 Å². The lowest BCUT2D eigenvalue weighted by Crippen LogP contribution is -2.47. The first-order valence-electron chi connectivity index (χ1n) is 7.02. The quantitative estimate of drug-likeness (QED) is 0.772. The first-order chi connectivity index (χ1) is 10.8. The van der Waals surface area contributed by atoms with E-state index in [-0.39, 0.29) is 22.9 Å². The van der Waals surface area contributed by atoms with Crippen LogP contribution in [-0.4, -0.2) is 34.9 Å². The summed E-state index contributed by atoms with van der Waals surface area (Å²) in [6, 6.07) is 5.65. The van der Waals surface area contributed by atoms with Crippen molar-refractivity contribution in [1.29, 1.82) is 0 Å². The molecule has 1 atom stereocenters. The molecule has 3 amide bonds. The predicted molar refractivity (Wildman–Crippen MR) is 87.6 cm³/mol. The summed E-state index contributed by atoms with van der Waals surface area (Å²) in [6.45, 7) is 4.63. The van der Waals surface area contributed by atoms with Crippen molar-refractivity contribution < 1.29 is 14.4 Å². The number of benzene rings is 1. The van der Waals surface area contributed by atoms with Crippen molar-refractivity contribution >= 4 is 40.3 Å². The van der Waals surface area contributed by atoms with Gasteiger partial charge in [0.05, 0.1) is 5.69 Å². The van der Waals surface area contributed by atoms with Crippen molar-refractivity contribution in [3.8, 4) is 0 Å². The van der Waals surface area contributed by atoms with Gasteiger partial charge in [0.2, 0.25) is 16.7 Å². The van der Waals surface area contributed by atoms with E-state index in [4.69, 9.17) is 0 Å². The van der Waals surface area contributed by atoms with Crippen LogP contribution in [0.4, 0.5) is 5.69 Å². The van der Waals surface area contributed by atoms with Crippen LogP contribution < -0.4 is 10.2 Å². The highest BCUT2D eigenvalue weighted by atomic mass is 32.2. The molecule has 1 N–H and O–H groups in total. The van der Waals surface area contributed by atoms with Crippen molar-refractivity contribution in [2.45, 2.75) is 25.6 Å². The Bertz CT molecular complexity index is 776. The second-order valence-electron chi connectivity index (χ2n) is 5.55. The van der Waals surface area contributed by atoms with E-state index in [1.807, 2.05) is 25.1 Å². The third kappa shape index (κ3) is 2.13. The lowest BCUT2D eigenvalue weighted by Gasteiger charge is -2.29. The largest absolute Gasteiger partial charge is 0.312 e. The number of nitrogens with zero attached hydrogens (tertiary/aromatic N) is 3. The summed E-state index contributed by atoms with van der Waals surface area (Å²) in [6.07, 6.45) is 0. The summed E-state index contributed by atoms with van der Waals surface area (Å²) < 4.78 is 0. The van der Waals surface area contributed by atoms with E-state index < -0.39 is 4.87 Å². The number of fused-ring (bicyclic) bond motifs is 2. The van der Waals surface area contributed by atoms with E-state index in [1.165, 1.54) is 18.7 Å². The van der Waals surface area contributed by atoms with Crippen LogP contribution in [0.25, 0.3) is 0 Å². The number of nitrogens with one attached hydrogen (secondary N) is 1. The minimum Gasteiger partial charge on any atom is -0.312 e. The minimum absolute atomic E-state index is 0.240. The summed E-state index contributed by atoms with van der Waals surface area (Å²) in [5.74, 6) is -0.934. The summed E-state index contributed by atoms with van der Waals surface area (Å²) >= 11 is 1.08. The minimum atomic E-state index is -1.29. The highest BCUT2D eigenvalue weighted by Crippen LogP contribution is 2.54. The molecule has 23 heavy (non-hydrogen) atoms. The van der Waals surface area contributed by atoms with E-state index in [1.54, 1.807) is 7.05 Å². The number of rotatable bonds is 0. The average molecular weight is 332 g/mol. The number of thioether (sulfide) groups is 1. The number of anilines is 1. The standard InChI is InChI=1S/C15H16N4O3S/c1-8-5-6-12-11(7-8)15(13(22)18(12)4)19(10(3)21)17-14(23-15)16-9(2)20/h5-7H,1-4H3,(H,16,17,20)/t15-/m0/s1. The van der Waals surface area contributed by atoms with Crippen LogP contribution in [0.2, 0.25) is 0 Å². The normalized spacial score (nSPS) is 22.4. The van der Waals surface area contributed by atoms with Gasteiger partial charge in [0.1, 0.15) is 0 Å². The average Bonchev–Trinajstić information content (AvgIpc) is 2.93. The van der Waals surface area contributed by atoms with E-state index in [0.29, 0.717) is 5.56 Å². The Morgan fingerprint density at radius 3 is 2.61 bits per heavy atom. The van der Waals surface area contributed by atoms with Crippen LogP contribution in [0.1, 0.15) is 25.0 Å². The molecule has 3 rings (SSSR count). The zero-order valence-corrected chi connectivity index (χ0v) is 14.0. The van der Waals surface area contributed by atoms with Gasteiger partial charge in [-0.05, 0) is 24.8 Å².